The SMILES string of the molecule is Cc1ccc(CNc2ncc(C#N)cc2[N+](=O)[O-])s1. The number of pyridine rings is 1. The number of hydrogen-bond donors (Lipinski definition) is 1. The van der Waals surface area contributed by atoms with E-state index in [9.17, 15) is 10.1 Å². The number of nitriles is 1. The van der Waals surface area contributed by atoms with Crippen molar-refractivity contribution in [2.24, 2.45) is 0 Å². The summed E-state index contributed by atoms with van der Waals surface area (Å²) in [5, 5.41) is 22.6. The molecular formula is C12H10N4O2S. The van der Waals surface area contributed by atoms with Crippen LogP contribution in [0.2, 0.25) is 0 Å². The number of nitrogens with one attached hydrogen (secondary N) is 1. The first kappa shape index (κ1) is 13.0. The zero-order valence-electron chi connectivity index (χ0n) is 10.1. The number of anilines is 1. The number of thiophene rings is 1. The molecule has 0 spiro atoms. The van der Waals surface area contributed by atoms with Gasteiger partial charge in [0.05, 0.1) is 17.0 Å². The van der Waals surface area contributed by atoms with Gasteiger partial charge in [-0.05, 0) is 19.1 Å². The molecule has 0 radical (unpaired) electrons. The van der Waals surface area contributed by atoms with Crippen molar-refractivity contribution in [2.75, 3.05) is 5.32 Å². The number of nitro groups is 1. The topological polar surface area (TPSA) is 91.8 Å². The van der Waals surface area contributed by atoms with Gasteiger partial charge in [-0.15, -0.1) is 11.3 Å². The predicted octanol–water partition coefficient (Wildman–Crippen LogP) is 2.84. The van der Waals surface area contributed by atoms with Crippen LogP contribution in [0.5, 0.6) is 0 Å². The Morgan fingerprint density at radius 3 is 2.95 bits per heavy atom. The van der Waals surface area contributed by atoms with Crippen LogP contribution in [-0.4, -0.2) is 9.91 Å². The molecule has 0 saturated heterocycles. The monoisotopic (exact) mass is 274 g/mol. The van der Waals surface area contributed by atoms with Gasteiger partial charge in [-0.1, -0.05) is 0 Å². The molecular weight excluding hydrogens is 264 g/mol. The summed E-state index contributed by atoms with van der Waals surface area (Å²) in [6, 6.07) is 7.00. The molecule has 0 amide bonds. The maximum Gasteiger partial charge on any atom is 0.312 e. The molecule has 0 aliphatic carbocycles. The molecule has 6 nitrogen and oxygen atoms in total. The molecule has 2 heterocycles. The Labute approximate surface area is 113 Å². The highest BCUT2D eigenvalue weighted by atomic mass is 32.1. The summed E-state index contributed by atoms with van der Waals surface area (Å²) in [5.74, 6) is 0.176. The highest BCUT2D eigenvalue weighted by Crippen LogP contribution is 2.24. The molecule has 2 aromatic rings. The fraction of sp³-hybridized carbons (Fsp3) is 0.167. The van der Waals surface area contributed by atoms with Crippen LogP contribution in [0.15, 0.2) is 24.4 Å². The Hall–Kier alpha value is -2.46. The molecule has 0 aliphatic rings. The lowest BCUT2D eigenvalue weighted by Crippen LogP contribution is -2.04. The molecule has 96 valence electrons. The van der Waals surface area contributed by atoms with E-state index in [2.05, 4.69) is 10.3 Å². The van der Waals surface area contributed by atoms with E-state index < -0.39 is 4.92 Å². The van der Waals surface area contributed by atoms with E-state index in [0.29, 0.717) is 6.54 Å². The second-order valence-electron chi connectivity index (χ2n) is 3.83. The first-order chi connectivity index (χ1) is 9.10. The van der Waals surface area contributed by atoms with Crippen LogP contribution in [0.4, 0.5) is 11.5 Å². The molecule has 0 aromatic carbocycles. The number of rotatable bonds is 4. The number of aryl methyl sites for hydroxylation is 1. The first-order valence-electron chi connectivity index (χ1n) is 5.44. The van der Waals surface area contributed by atoms with Gasteiger partial charge in [0.15, 0.2) is 0 Å². The fourth-order valence-electron chi connectivity index (χ4n) is 1.54. The van der Waals surface area contributed by atoms with E-state index in [1.807, 2.05) is 25.1 Å². The molecule has 0 aliphatic heterocycles. The van der Waals surface area contributed by atoms with Gasteiger partial charge in [0.1, 0.15) is 6.07 Å². The van der Waals surface area contributed by atoms with Crippen molar-refractivity contribution in [1.82, 2.24) is 4.98 Å². The maximum atomic E-state index is 10.9. The standard InChI is InChI=1S/C12H10N4O2S/c1-8-2-3-10(19-8)7-15-12-11(16(17)18)4-9(5-13)6-14-12/h2-4,6H,7H2,1H3,(H,14,15). The van der Waals surface area contributed by atoms with E-state index in [-0.39, 0.29) is 17.1 Å². The summed E-state index contributed by atoms with van der Waals surface area (Å²) < 4.78 is 0. The Morgan fingerprint density at radius 2 is 2.37 bits per heavy atom. The summed E-state index contributed by atoms with van der Waals surface area (Å²) in [4.78, 5) is 16.5. The normalized spacial score (nSPS) is 9.89. The Morgan fingerprint density at radius 1 is 1.58 bits per heavy atom. The summed E-state index contributed by atoms with van der Waals surface area (Å²) in [7, 11) is 0. The van der Waals surface area contributed by atoms with Crippen LogP contribution in [0.25, 0.3) is 0 Å². The van der Waals surface area contributed by atoms with Crippen molar-refractivity contribution in [1.29, 1.82) is 5.26 Å². The van der Waals surface area contributed by atoms with Crippen LogP contribution in [-0.2, 0) is 6.54 Å². The molecule has 0 unspecified atom stereocenters. The summed E-state index contributed by atoms with van der Waals surface area (Å²) >= 11 is 1.62. The average molecular weight is 274 g/mol. The predicted molar refractivity (Wildman–Crippen MR) is 72.0 cm³/mol. The molecule has 0 fully saturated rings. The van der Waals surface area contributed by atoms with Gasteiger partial charge in [0.2, 0.25) is 5.82 Å². The smallest absolute Gasteiger partial charge is 0.312 e. The number of aromatic nitrogens is 1. The van der Waals surface area contributed by atoms with E-state index in [1.165, 1.54) is 17.1 Å². The van der Waals surface area contributed by atoms with E-state index >= 15 is 0 Å². The second kappa shape index (κ2) is 5.46. The van der Waals surface area contributed by atoms with Crippen molar-refractivity contribution in [3.05, 3.63) is 49.8 Å². The molecule has 2 aromatic heterocycles. The average Bonchev–Trinajstić information content (AvgIpc) is 2.82. The maximum absolute atomic E-state index is 10.9. The van der Waals surface area contributed by atoms with Crippen LogP contribution in [0.3, 0.4) is 0 Å². The largest absolute Gasteiger partial charge is 0.359 e. The minimum absolute atomic E-state index is 0.171. The van der Waals surface area contributed by atoms with E-state index in [1.54, 1.807) is 11.3 Å². The third-order valence-corrected chi connectivity index (χ3v) is 3.42. The lowest BCUT2D eigenvalue weighted by molar-refractivity contribution is -0.384. The third-order valence-electron chi connectivity index (χ3n) is 2.42. The molecule has 7 heteroatoms. The Kier molecular flexibility index (Phi) is 3.73. The zero-order chi connectivity index (χ0) is 13.8. The van der Waals surface area contributed by atoms with Gasteiger partial charge in [-0.2, -0.15) is 5.26 Å². The molecule has 0 saturated carbocycles. The van der Waals surface area contributed by atoms with Crippen molar-refractivity contribution in [3.8, 4) is 6.07 Å². The lowest BCUT2D eigenvalue weighted by Gasteiger charge is -2.04. The van der Waals surface area contributed by atoms with Crippen molar-refractivity contribution in [2.45, 2.75) is 13.5 Å². The van der Waals surface area contributed by atoms with E-state index in [4.69, 9.17) is 5.26 Å². The van der Waals surface area contributed by atoms with Gasteiger partial charge < -0.3 is 5.32 Å². The van der Waals surface area contributed by atoms with Gasteiger partial charge in [-0.25, -0.2) is 4.98 Å². The third kappa shape index (κ3) is 3.05. The van der Waals surface area contributed by atoms with Gasteiger partial charge >= 0.3 is 5.69 Å². The fourth-order valence-corrected chi connectivity index (χ4v) is 2.37. The zero-order valence-corrected chi connectivity index (χ0v) is 10.9. The Bertz CT molecular complexity index is 660. The quantitative estimate of drug-likeness (QED) is 0.683. The van der Waals surface area contributed by atoms with Crippen LogP contribution in [0.1, 0.15) is 15.3 Å². The highest BCUT2D eigenvalue weighted by molar-refractivity contribution is 7.11. The molecule has 2 rings (SSSR count). The minimum atomic E-state index is -0.546. The first-order valence-corrected chi connectivity index (χ1v) is 6.25. The number of hydrogen-bond acceptors (Lipinski definition) is 6. The second-order valence-corrected chi connectivity index (χ2v) is 5.20. The van der Waals surface area contributed by atoms with Gasteiger partial charge in [0.25, 0.3) is 0 Å². The minimum Gasteiger partial charge on any atom is -0.359 e. The van der Waals surface area contributed by atoms with Crippen molar-refractivity contribution >= 4 is 22.8 Å². The highest BCUT2D eigenvalue weighted by Gasteiger charge is 2.16. The van der Waals surface area contributed by atoms with Gasteiger partial charge in [0, 0.05) is 22.0 Å². The number of nitrogens with zero attached hydrogens (tertiary/aromatic N) is 3. The van der Waals surface area contributed by atoms with Crippen molar-refractivity contribution < 1.29 is 4.92 Å². The summed E-state index contributed by atoms with van der Waals surface area (Å²) in [6.45, 7) is 2.47. The summed E-state index contributed by atoms with van der Waals surface area (Å²) in [6.07, 6.45) is 1.31. The molecule has 1 N–H and O–H groups in total. The molecule has 0 bridgehead atoms. The van der Waals surface area contributed by atoms with Gasteiger partial charge in [-0.3, -0.25) is 10.1 Å². The van der Waals surface area contributed by atoms with Crippen LogP contribution in [0, 0.1) is 28.4 Å². The van der Waals surface area contributed by atoms with Crippen LogP contribution < -0.4 is 5.32 Å². The Balaban J connectivity index is 2.20. The molecule has 0 atom stereocenters. The lowest BCUT2D eigenvalue weighted by atomic mass is 10.2. The van der Waals surface area contributed by atoms with Crippen LogP contribution >= 0.6 is 11.3 Å². The molecule has 19 heavy (non-hydrogen) atoms. The van der Waals surface area contributed by atoms with Crippen molar-refractivity contribution in [3.63, 3.8) is 0 Å². The summed E-state index contributed by atoms with van der Waals surface area (Å²) in [5.41, 5.74) is -0.0171. The van der Waals surface area contributed by atoms with E-state index in [0.717, 1.165) is 4.88 Å².